The Morgan fingerprint density at radius 1 is 1.42 bits per heavy atom. The van der Waals surface area contributed by atoms with Crippen LogP contribution in [-0.4, -0.2) is 34.1 Å². The Hall–Kier alpha value is -2.24. The molecule has 2 aromatic rings. The third-order valence-electron chi connectivity index (χ3n) is 3.43. The molecule has 3 rings (SSSR count). The zero-order valence-electron chi connectivity index (χ0n) is 10.1. The van der Waals surface area contributed by atoms with Crippen LogP contribution in [0, 0.1) is 11.7 Å². The number of aromatic nitrogens is 2. The number of anilines is 1. The van der Waals surface area contributed by atoms with Crippen molar-refractivity contribution >= 4 is 22.7 Å². The molecule has 98 valence electrons. The van der Waals surface area contributed by atoms with Crippen LogP contribution in [0.4, 0.5) is 10.2 Å². The van der Waals surface area contributed by atoms with Crippen molar-refractivity contribution in [1.82, 2.24) is 9.97 Å². The summed E-state index contributed by atoms with van der Waals surface area (Å²) >= 11 is 0. The summed E-state index contributed by atoms with van der Waals surface area (Å²) in [7, 11) is 0. The largest absolute Gasteiger partial charge is 0.481 e. The number of carboxylic acid groups (broad SMARTS) is 1. The fourth-order valence-electron chi connectivity index (χ4n) is 2.44. The molecule has 1 unspecified atom stereocenters. The molecule has 19 heavy (non-hydrogen) atoms. The van der Waals surface area contributed by atoms with Crippen molar-refractivity contribution in [3.05, 3.63) is 30.3 Å². The Kier molecular flexibility index (Phi) is 2.77. The van der Waals surface area contributed by atoms with Gasteiger partial charge in [-0.15, -0.1) is 0 Å². The lowest BCUT2D eigenvalue weighted by Gasteiger charge is -2.18. The molecule has 0 saturated carbocycles. The van der Waals surface area contributed by atoms with Crippen LogP contribution in [0.5, 0.6) is 0 Å². The summed E-state index contributed by atoms with van der Waals surface area (Å²) in [5, 5.41) is 9.63. The van der Waals surface area contributed by atoms with E-state index < -0.39 is 17.7 Å². The molecule has 1 aromatic heterocycles. The Labute approximate surface area is 108 Å². The summed E-state index contributed by atoms with van der Waals surface area (Å²) in [4.78, 5) is 21.0. The number of para-hydroxylation sites is 1. The van der Waals surface area contributed by atoms with Gasteiger partial charge in [0.1, 0.15) is 23.5 Å². The Morgan fingerprint density at radius 2 is 2.26 bits per heavy atom. The smallest absolute Gasteiger partial charge is 0.308 e. The van der Waals surface area contributed by atoms with Gasteiger partial charge in [0.25, 0.3) is 0 Å². The predicted octanol–water partition coefficient (Wildman–Crippen LogP) is 1.68. The topological polar surface area (TPSA) is 66.3 Å². The molecular weight excluding hydrogens is 249 g/mol. The van der Waals surface area contributed by atoms with Gasteiger partial charge >= 0.3 is 5.97 Å². The van der Waals surface area contributed by atoms with Gasteiger partial charge in [0.2, 0.25) is 0 Å². The lowest BCUT2D eigenvalue weighted by Crippen LogP contribution is -2.23. The van der Waals surface area contributed by atoms with Gasteiger partial charge in [0.05, 0.1) is 5.92 Å². The second-order valence-electron chi connectivity index (χ2n) is 4.60. The van der Waals surface area contributed by atoms with Crippen LogP contribution in [0.3, 0.4) is 0 Å². The average Bonchev–Trinajstić information content (AvgIpc) is 2.88. The van der Waals surface area contributed by atoms with Crippen LogP contribution in [0.25, 0.3) is 10.9 Å². The van der Waals surface area contributed by atoms with Gasteiger partial charge in [-0.3, -0.25) is 4.79 Å². The molecule has 6 heteroatoms. The van der Waals surface area contributed by atoms with Gasteiger partial charge in [0.15, 0.2) is 0 Å². The highest BCUT2D eigenvalue weighted by molar-refractivity contribution is 5.90. The molecule has 1 saturated heterocycles. The summed E-state index contributed by atoms with van der Waals surface area (Å²) < 4.78 is 13.7. The Bertz CT molecular complexity index is 647. The number of hydrogen-bond donors (Lipinski definition) is 1. The van der Waals surface area contributed by atoms with Gasteiger partial charge in [0, 0.05) is 18.5 Å². The summed E-state index contributed by atoms with van der Waals surface area (Å²) in [6.07, 6.45) is 1.89. The maximum atomic E-state index is 13.7. The molecule has 0 bridgehead atoms. The van der Waals surface area contributed by atoms with Gasteiger partial charge < -0.3 is 10.0 Å². The van der Waals surface area contributed by atoms with E-state index in [2.05, 4.69) is 9.97 Å². The number of rotatable bonds is 2. The molecule has 1 N–H and O–H groups in total. The zero-order valence-corrected chi connectivity index (χ0v) is 10.1. The van der Waals surface area contributed by atoms with E-state index in [0.29, 0.717) is 30.7 Å². The number of fused-ring (bicyclic) bond motifs is 1. The molecule has 0 spiro atoms. The first-order valence-corrected chi connectivity index (χ1v) is 6.04. The van der Waals surface area contributed by atoms with E-state index in [1.54, 1.807) is 12.1 Å². The first kappa shape index (κ1) is 11.8. The fourth-order valence-corrected chi connectivity index (χ4v) is 2.44. The number of nitrogens with zero attached hydrogens (tertiary/aromatic N) is 3. The van der Waals surface area contributed by atoms with Crippen LogP contribution < -0.4 is 4.90 Å². The van der Waals surface area contributed by atoms with Crippen molar-refractivity contribution in [2.24, 2.45) is 5.92 Å². The monoisotopic (exact) mass is 261 g/mol. The number of carboxylic acids is 1. The van der Waals surface area contributed by atoms with Gasteiger partial charge in [-0.05, 0) is 18.6 Å². The van der Waals surface area contributed by atoms with E-state index in [-0.39, 0.29) is 5.52 Å². The number of aliphatic carboxylic acids is 1. The molecule has 1 aliphatic heterocycles. The first-order chi connectivity index (χ1) is 9.16. The van der Waals surface area contributed by atoms with Crippen molar-refractivity contribution in [3.63, 3.8) is 0 Å². The molecule has 0 amide bonds. The highest BCUT2D eigenvalue weighted by atomic mass is 19.1. The second-order valence-corrected chi connectivity index (χ2v) is 4.60. The predicted molar refractivity (Wildman–Crippen MR) is 67.5 cm³/mol. The van der Waals surface area contributed by atoms with Crippen LogP contribution in [-0.2, 0) is 4.79 Å². The SMILES string of the molecule is O=C(O)C1CCN(c2ncnc3c(F)cccc23)C1. The van der Waals surface area contributed by atoms with Crippen LogP contribution in [0.15, 0.2) is 24.5 Å². The lowest BCUT2D eigenvalue weighted by atomic mass is 10.1. The number of benzene rings is 1. The molecule has 1 aliphatic rings. The molecule has 2 heterocycles. The number of hydrogen-bond acceptors (Lipinski definition) is 4. The van der Waals surface area contributed by atoms with E-state index in [4.69, 9.17) is 5.11 Å². The molecule has 0 aliphatic carbocycles. The summed E-state index contributed by atoms with van der Waals surface area (Å²) in [5.74, 6) is -0.978. The van der Waals surface area contributed by atoms with Crippen molar-refractivity contribution in [3.8, 4) is 0 Å². The third-order valence-corrected chi connectivity index (χ3v) is 3.43. The minimum Gasteiger partial charge on any atom is -0.481 e. The summed E-state index contributed by atoms with van der Waals surface area (Å²) in [5.41, 5.74) is 0.270. The van der Waals surface area contributed by atoms with E-state index in [0.717, 1.165) is 0 Å². The molecule has 1 fully saturated rings. The maximum absolute atomic E-state index is 13.7. The van der Waals surface area contributed by atoms with Crippen LogP contribution in [0.1, 0.15) is 6.42 Å². The van der Waals surface area contributed by atoms with Crippen LogP contribution in [0.2, 0.25) is 0 Å². The standard InChI is InChI=1S/C13H12FN3O2/c14-10-3-1-2-9-11(10)15-7-16-12(9)17-5-4-8(6-17)13(18)19/h1-3,7-8H,4-6H2,(H,18,19). The van der Waals surface area contributed by atoms with Crippen molar-refractivity contribution < 1.29 is 14.3 Å². The Morgan fingerprint density at radius 3 is 3.00 bits per heavy atom. The zero-order chi connectivity index (χ0) is 13.4. The van der Waals surface area contributed by atoms with Gasteiger partial charge in [-0.2, -0.15) is 0 Å². The van der Waals surface area contributed by atoms with Crippen molar-refractivity contribution in [1.29, 1.82) is 0 Å². The summed E-state index contributed by atoms with van der Waals surface area (Å²) in [6, 6.07) is 4.71. The minimum absolute atomic E-state index is 0.270. The normalized spacial score (nSPS) is 19.0. The molecule has 0 radical (unpaired) electrons. The van der Waals surface area contributed by atoms with E-state index in [1.807, 2.05) is 4.90 Å². The van der Waals surface area contributed by atoms with Gasteiger partial charge in [-0.25, -0.2) is 14.4 Å². The fraction of sp³-hybridized carbons (Fsp3) is 0.308. The van der Waals surface area contributed by atoms with Gasteiger partial charge in [-0.1, -0.05) is 6.07 Å². The Balaban J connectivity index is 2.02. The molecule has 1 aromatic carbocycles. The van der Waals surface area contributed by atoms with Crippen molar-refractivity contribution in [2.45, 2.75) is 6.42 Å². The lowest BCUT2D eigenvalue weighted by molar-refractivity contribution is -0.140. The highest BCUT2D eigenvalue weighted by Gasteiger charge is 2.29. The third kappa shape index (κ3) is 1.99. The quantitative estimate of drug-likeness (QED) is 0.890. The second kappa shape index (κ2) is 4.46. The van der Waals surface area contributed by atoms with E-state index in [9.17, 15) is 9.18 Å². The number of halogens is 1. The van der Waals surface area contributed by atoms with E-state index >= 15 is 0 Å². The number of carbonyl (C=O) groups is 1. The minimum atomic E-state index is -0.799. The van der Waals surface area contributed by atoms with Crippen molar-refractivity contribution in [2.75, 3.05) is 18.0 Å². The summed E-state index contributed by atoms with van der Waals surface area (Å²) in [6.45, 7) is 1.01. The average molecular weight is 261 g/mol. The highest BCUT2D eigenvalue weighted by Crippen LogP contribution is 2.28. The van der Waals surface area contributed by atoms with E-state index in [1.165, 1.54) is 12.4 Å². The molecular formula is C13H12FN3O2. The van der Waals surface area contributed by atoms with Crippen LogP contribution >= 0.6 is 0 Å². The molecule has 1 atom stereocenters. The molecule has 5 nitrogen and oxygen atoms in total. The maximum Gasteiger partial charge on any atom is 0.308 e. The first-order valence-electron chi connectivity index (χ1n) is 6.04.